The number of nitrogens with zero attached hydrogens (tertiary/aromatic N) is 1. The van der Waals surface area contributed by atoms with E-state index in [9.17, 15) is 24.3 Å². The fourth-order valence-corrected chi connectivity index (χ4v) is 2.66. The van der Waals surface area contributed by atoms with E-state index in [-0.39, 0.29) is 42.8 Å². The molecule has 0 aromatic heterocycles. The van der Waals surface area contributed by atoms with Gasteiger partial charge in [0.1, 0.15) is 6.10 Å². The molecule has 1 aliphatic heterocycles. The van der Waals surface area contributed by atoms with Crippen LogP contribution in [0.15, 0.2) is 0 Å². The number of rotatable bonds is 10. The highest BCUT2D eigenvalue weighted by atomic mass is 32.2. The molecular weight excluding hydrogens is 334 g/mol. The molecule has 0 aromatic rings. The summed E-state index contributed by atoms with van der Waals surface area (Å²) in [6.45, 7) is 4.91. The van der Waals surface area contributed by atoms with Gasteiger partial charge in [-0.05, 0) is 5.92 Å². The molecule has 0 spiro atoms. The molecule has 136 valence electrons. The number of likely N-dealkylation sites (tertiary alicyclic amines) is 1. The average Bonchev–Trinajstić information content (AvgIpc) is 2.78. The molecule has 4 amide bonds. The molecule has 3 N–H and O–H groups in total. The number of thioether (sulfide) groups is 1. The largest absolute Gasteiger partial charge is 0.383 e. The van der Waals surface area contributed by atoms with Crippen molar-refractivity contribution in [2.75, 3.05) is 31.1 Å². The minimum atomic E-state index is -1.27. The fraction of sp³-hybridized carbons (Fsp3) is 0.733. The highest BCUT2D eigenvalue weighted by Gasteiger charge is 2.36. The van der Waals surface area contributed by atoms with Crippen LogP contribution < -0.4 is 10.6 Å². The Balaban J connectivity index is 2.11. The van der Waals surface area contributed by atoms with Gasteiger partial charge in [0, 0.05) is 19.6 Å². The number of imide groups is 1. The topological polar surface area (TPSA) is 116 Å². The second kappa shape index (κ2) is 10.3. The minimum absolute atomic E-state index is 0.0422. The van der Waals surface area contributed by atoms with Gasteiger partial charge in [0.05, 0.1) is 17.9 Å². The van der Waals surface area contributed by atoms with Crippen molar-refractivity contribution in [2.24, 2.45) is 5.92 Å². The number of hydrogen-bond acceptors (Lipinski definition) is 6. The summed E-state index contributed by atoms with van der Waals surface area (Å²) in [5.41, 5.74) is 0. The monoisotopic (exact) mass is 359 g/mol. The summed E-state index contributed by atoms with van der Waals surface area (Å²) in [7, 11) is 0. The van der Waals surface area contributed by atoms with Crippen LogP contribution in [0.1, 0.15) is 26.7 Å². The quantitative estimate of drug-likeness (QED) is 0.436. The maximum absolute atomic E-state index is 11.6. The van der Waals surface area contributed by atoms with E-state index in [1.54, 1.807) is 0 Å². The second-order valence-corrected chi connectivity index (χ2v) is 6.75. The summed E-state index contributed by atoms with van der Waals surface area (Å²) in [5.74, 6) is -0.669. The van der Waals surface area contributed by atoms with E-state index in [0.29, 0.717) is 12.5 Å². The lowest BCUT2D eigenvalue weighted by atomic mass is 10.1. The van der Waals surface area contributed by atoms with Crippen molar-refractivity contribution in [3.05, 3.63) is 0 Å². The molecule has 0 bridgehead atoms. The highest BCUT2D eigenvalue weighted by Crippen LogP contribution is 2.11. The molecule has 1 fully saturated rings. The Labute approximate surface area is 145 Å². The van der Waals surface area contributed by atoms with Crippen molar-refractivity contribution in [2.45, 2.75) is 32.8 Å². The molecule has 1 rings (SSSR count). The van der Waals surface area contributed by atoms with Crippen molar-refractivity contribution >= 4 is 35.4 Å². The lowest BCUT2D eigenvalue weighted by Gasteiger charge is -2.14. The van der Waals surface area contributed by atoms with Gasteiger partial charge in [0.2, 0.25) is 17.7 Å². The molecular formula is C15H25N3O5S. The van der Waals surface area contributed by atoms with Gasteiger partial charge in [-0.25, -0.2) is 0 Å². The zero-order valence-electron chi connectivity index (χ0n) is 14.0. The molecule has 0 aromatic carbocycles. The first kappa shape index (κ1) is 20.4. The minimum Gasteiger partial charge on any atom is -0.383 e. The van der Waals surface area contributed by atoms with Gasteiger partial charge in [0.25, 0.3) is 5.91 Å². The summed E-state index contributed by atoms with van der Waals surface area (Å²) < 4.78 is 0. The van der Waals surface area contributed by atoms with Crippen molar-refractivity contribution in [1.29, 1.82) is 0 Å². The van der Waals surface area contributed by atoms with Gasteiger partial charge in [0.15, 0.2) is 0 Å². The van der Waals surface area contributed by atoms with Crippen molar-refractivity contribution in [3.8, 4) is 0 Å². The first-order chi connectivity index (χ1) is 11.3. The first-order valence-corrected chi connectivity index (χ1v) is 9.14. The standard InChI is InChI=1S/C15H25N3O5S/c1-3-10(2)7-17-13(21)9-24-8-12(20)16-4-5-18-14(22)6-11(19)15(18)23/h10-11,19H,3-9H2,1-2H3,(H,16,20)(H,17,21)/t10?,11-/m1/s1. The van der Waals surface area contributed by atoms with E-state index >= 15 is 0 Å². The van der Waals surface area contributed by atoms with Gasteiger partial charge >= 0.3 is 0 Å². The molecule has 0 radical (unpaired) electrons. The molecule has 8 nitrogen and oxygen atoms in total. The summed E-state index contributed by atoms with van der Waals surface area (Å²) in [5, 5.41) is 14.7. The third kappa shape index (κ3) is 6.88. The fourth-order valence-electron chi connectivity index (χ4n) is 1.98. The Bertz CT molecular complexity index is 486. The van der Waals surface area contributed by atoms with Crippen LogP contribution in [0.5, 0.6) is 0 Å². The third-order valence-corrected chi connectivity index (χ3v) is 4.62. The van der Waals surface area contributed by atoms with E-state index in [2.05, 4.69) is 24.5 Å². The Hall–Kier alpha value is -1.61. The lowest BCUT2D eigenvalue weighted by Crippen LogP contribution is -2.39. The molecule has 1 heterocycles. The number of aliphatic hydroxyl groups excluding tert-OH is 1. The SMILES string of the molecule is CCC(C)CNC(=O)CSCC(=O)NCCN1C(=O)C[C@@H](O)C1=O. The average molecular weight is 359 g/mol. The van der Waals surface area contributed by atoms with Crippen molar-refractivity contribution in [1.82, 2.24) is 15.5 Å². The number of hydrogen-bond donors (Lipinski definition) is 3. The van der Waals surface area contributed by atoms with Crippen LogP contribution >= 0.6 is 11.8 Å². The van der Waals surface area contributed by atoms with Crippen LogP contribution in [0, 0.1) is 5.92 Å². The molecule has 0 saturated carbocycles. The van der Waals surface area contributed by atoms with Gasteiger partial charge in [-0.1, -0.05) is 20.3 Å². The van der Waals surface area contributed by atoms with Crippen LogP contribution in [0.4, 0.5) is 0 Å². The maximum atomic E-state index is 11.6. The van der Waals surface area contributed by atoms with Crippen LogP contribution in [-0.4, -0.2) is 70.9 Å². The third-order valence-electron chi connectivity index (χ3n) is 3.69. The van der Waals surface area contributed by atoms with Crippen molar-refractivity contribution < 1.29 is 24.3 Å². The van der Waals surface area contributed by atoms with Crippen molar-refractivity contribution in [3.63, 3.8) is 0 Å². The van der Waals surface area contributed by atoms with Crippen LogP contribution in [0.3, 0.4) is 0 Å². The Morgan fingerprint density at radius 2 is 1.92 bits per heavy atom. The highest BCUT2D eigenvalue weighted by molar-refractivity contribution is 8.00. The van der Waals surface area contributed by atoms with Gasteiger partial charge in [-0.3, -0.25) is 24.1 Å². The molecule has 1 saturated heterocycles. The molecule has 24 heavy (non-hydrogen) atoms. The summed E-state index contributed by atoms with van der Waals surface area (Å²) in [6.07, 6.45) is -0.471. The zero-order chi connectivity index (χ0) is 18.1. The predicted octanol–water partition coefficient (Wildman–Crippen LogP) is -0.882. The zero-order valence-corrected chi connectivity index (χ0v) is 14.9. The number of aliphatic hydroxyl groups is 1. The van der Waals surface area contributed by atoms with E-state index in [1.165, 1.54) is 11.8 Å². The van der Waals surface area contributed by atoms with Gasteiger partial charge < -0.3 is 15.7 Å². The second-order valence-electron chi connectivity index (χ2n) is 5.76. The first-order valence-electron chi connectivity index (χ1n) is 7.98. The Kier molecular flexibility index (Phi) is 8.77. The summed E-state index contributed by atoms with van der Waals surface area (Å²) >= 11 is 1.20. The maximum Gasteiger partial charge on any atom is 0.258 e. The summed E-state index contributed by atoms with van der Waals surface area (Å²) in [6, 6.07) is 0. The normalized spacial score (nSPS) is 18.6. The van der Waals surface area contributed by atoms with Gasteiger partial charge in [-0.15, -0.1) is 11.8 Å². The Morgan fingerprint density at radius 3 is 2.46 bits per heavy atom. The summed E-state index contributed by atoms with van der Waals surface area (Å²) in [4.78, 5) is 47.0. The number of carbonyl (C=O) groups excluding carboxylic acids is 4. The molecule has 9 heteroatoms. The number of carbonyl (C=O) groups is 4. The molecule has 2 atom stereocenters. The van der Waals surface area contributed by atoms with Crippen LogP contribution in [0.25, 0.3) is 0 Å². The van der Waals surface area contributed by atoms with E-state index in [4.69, 9.17) is 0 Å². The van der Waals surface area contributed by atoms with E-state index in [0.717, 1.165) is 11.3 Å². The smallest absolute Gasteiger partial charge is 0.258 e. The number of amides is 4. The Morgan fingerprint density at radius 1 is 1.29 bits per heavy atom. The molecule has 0 aliphatic carbocycles. The molecule has 1 aliphatic rings. The predicted molar refractivity (Wildman–Crippen MR) is 90.1 cm³/mol. The van der Waals surface area contributed by atoms with Crippen LogP contribution in [0.2, 0.25) is 0 Å². The molecule has 1 unspecified atom stereocenters. The number of nitrogens with one attached hydrogen (secondary N) is 2. The van der Waals surface area contributed by atoms with E-state index < -0.39 is 17.9 Å². The van der Waals surface area contributed by atoms with Gasteiger partial charge in [-0.2, -0.15) is 0 Å². The lowest BCUT2D eigenvalue weighted by molar-refractivity contribution is -0.141. The van der Waals surface area contributed by atoms with Crippen LogP contribution in [-0.2, 0) is 19.2 Å². The van der Waals surface area contributed by atoms with E-state index in [1.807, 2.05) is 0 Å².